The summed E-state index contributed by atoms with van der Waals surface area (Å²) >= 11 is 5.87. The van der Waals surface area contributed by atoms with Crippen molar-refractivity contribution in [3.63, 3.8) is 0 Å². The number of aryl methyl sites for hydroxylation is 1. The molecule has 0 spiro atoms. The number of aromatic nitrogens is 1. The van der Waals surface area contributed by atoms with Crippen molar-refractivity contribution in [1.29, 1.82) is 0 Å². The van der Waals surface area contributed by atoms with Gasteiger partial charge in [0.25, 0.3) is 0 Å². The Hall–Kier alpha value is -0.640. The maximum absolute atomic E-state index is 5.87. The van der Waals surface area contributed by atoms with Crippen molar-refractivity contribution in [2.24, 2.45) is 0 Å². The highest BCUT2D eigenvalue weighted by atomic mass is 35.5. The fourth-order valence-electron chi connectivity index (χ4n) is 0.818. The van der Waals surface area contributed by atoms with E-state index in [-0.39, 0.29) is 0 Å². The van der Waals surface area contributed by atoms with Crippen LogP contribution in [-0.2, 0) is 16.4 Å². The Morgan fingerprint density at radius 3 is 2.85 bits per heavy atom. The predicted octanol–water partition coefficient (Wildman–Crippen LogP) is 2.51. The third-order valence-corrected chi connectivity index (χ3v) is 1.89. The molecule has 1 heterocycles. The van der Waals surface area contributed by atoms with Gasteiger partial charge < -0.3 is 0 Å². The van der Waals surface area contributed by atoms with Gasteiger partial charge in [0.15, 0.2) is 0 Å². The van der Waals surface area contributed by atoms with Gasteiger partial charge in [-0.2, -0.15) is 0 Å². The molecule has 0 saturated heterocycles. The van der Waals surface area contributed by atoms with Gasteiger partial charge in [0.05, 0.1) is 17.3 Å². The molecule has 0 aliphatic carbocycles. The van der Waals surface area contributed by atoms with Gasteiger partial charge in [0.1, 0.15) is 6.61 Å². The molecule has 0 amide bonds. The topological polar surface area (TPSA) is 31.4 Å². The second-order valence-corrected chi connectivity index (χ2v) is 2.99. The van der Waals surface area contributed by atoms with Crippen LogP contribution in [0.3, 0.4) is 0 Å². The first-order valence-electron chi connectivity index (χ1n) is 4.09. The molecule has 72 valence electrons. The van der Waals surface area contributed by atoms with Crippen LogP contribution >= 0.6 is 11.6 Å². The summed E-state index contributed by atoms with van der Waals surface area (Å²) in [5.41, 5.74) is 1.73. The second-order valence-electron chi connectivity index (χ2n) is 2.58. The highest BCUT2D eigenvalue weighted by Gasteiger charge is 1.99. The third kappa shape index (κ3) is 3.30. The molecule has 0 N–H and O–H groups in total. The summed E-state index contributed by atoms with van der Waals surface area (Å²) in [5.74, 6) is 0. The van der Waals surface area contributed by atoms with Gasteiger partial charge in [-0.3, -0.25) is 4.98 Å². The van der Waals surface area contributed by atoms with Crippen LogP contribution in [0.4, 0.5) is 0 Å². The minimum Gasteiger partial charge on any atom is -0.260 e. The number of nitrogens with zero attached hydrogens (tertiary/aromatic N) is 1. The summed E-state index contributed by atoms with van der Waals surface area (Å²) in [6.45, 7) is 4.63. The van der Waals surface area contributed by atoms with Crippen LogP contribution in [0.25, 0.3) is 0 Å². The van der Waals surface area contributed by atoms with E-state index < -0.39 is 0 Å². The molecule has 1 rings (SSSR count). The highest BCUT2D eigenvalue weighted by molar-refractivity contribution is 6.31. The van der Waals surface area contributed by atoms with Crippen molar-refractivity contribution in [1.82, 2.24) is 4.98 Å². The molecular weight excluding hydrogens is 190 g/mol. The number of halogens is 1. The number of pyridine rings is 1. The molecule has 0 unspecified atom stereocenters. The number of rotatable bonds is 4. The normalized spacial score (nSPS) is 10.4. The van der Waals surface area contributed by atoms with Crippen molar-refractivity contribution in [3.05, 3.63) is 28.5 Å². The second kappa shape index (κ2) is 5.17. The first kappa shape index (κ1) is 10.4. The van der Waals surface area contributed by atoms with Gasteiger partial charge in [-0.05, 0) is 19.9 Å². The number of hydrogen-bond acceptors (Lipinski definition) is 3. The first-order valence-corrected chi connectivity index (χ1v) is 4.47. The van der Waals surface area contributed by atoms with Gasteiger partial charge in [0.2, 0.25) is 0 Å². The highest BCUT2D eigenvalue weighted by Crippen LogP contribution is 2.14. The Morgan fingerprint density at radius 2 is 2.23 bits per heavy atom. The quantitative estimate of drug-likeness (QED) is 0.426. The zero-order valence-electron chi connectivity index (χ0n) is 7.71. The fraction of sp³-hybridized carbons (Fsp3) is 0.444. The van der Waals surface area contributed by atoms with Crippen molar-refractivity contribution in [2.75, 3.05) is 6.61 Å². The van der Waals surface area contributed by atoms with Crippen LogP contribution < -0.4 is 0 Å². The van der Waals surface area contributed by atoms with Crippen LogP contribution in [0.5, 0.6) is 0 Å². The Bertz CT molecular complexity index is 278. The Morgan fingerprint density at radius 1 is 1.46 bits per heavy atom. The number of hydrogen-bond donors (Lipinski definition) is 0. The van der Waals surface area contributed by atoms with E-state index in [2.05, 4.69) is 4.98 Å². The van der Waals surface area contributed by atoms with Crippen LogP contribution in [0.1, 0.15) is 18.2 Å². The molecule has 0 radical (unpaired) electrons. The lowest BCUT2D eigenvalue weighted by atomic mass is 10.3. The maximum Gasteiger partial charge on any atom is 0.109 e. The van der Waals surface area contributed by atoms with E-state index in [9.17, 15) is 0 Å². The third-order valence-electron chi connectivity index (χ3n) is 1.51. The molecule has 0 atom stereocenters. The Balaban J connectivity index is 2.53. The van der Waals surface area contributed by atoms with Crippen LogP contribution in [-0.4, -0.2) is 11.6 Å². The summed E-state index contributed by atoms with van der Waals surface area (Å²) in [7, 11) is 0. The standard InChI is InChI=1S/C9H12ClNO2/c1-3-12-13-6-8-4-9(10)7(2)11-5-8/h4-5H,3,6H2,1-2H3. The molecule has 0 saturated carbocycles. The lowest BCUT2D eigenvalue weighted by Gasteiger charge is -2.03. The summed E-state index contributed by atoms with van der Waals surface area (Å²) in [5, 5.41) is 0.651. The van der Waals surface area contributed by atoms with Gasteiger partial charge >= 0.3 is 0 Å². The zero-order chi connectivity index (χ0) is 9.68. The van der Waals surface area contributed by atoms with Gasteiger partial charge in [-0.25, -0.2) is 9.78 Å². The van der Waals surface area contributed by atoms with E-state index in [1.165, 1.54) is 0 Å². The van der Waals surface area contributed by atoms with Gasteiger partial charge in [-0.1, -0.05) is 11.6 Å². The molecule has 0 aromatic carbocycles. The van der Waals surface area contributed by atoms with Crippen molar-refractivity contribution < 1.29 is 9.78 Å². The van der Waals surface area contributed by atoms with E-state index in [0.717, 1.165) is 11.3 Å². The molecule has 13 heavy (non-hydrogen) atoms. The maximum atomic E-state index is 5.87. The van der Waals surface area contributed by atoms with Gasteiger partial charge in [-0.15, -0.1) is 0 Å². The van der Waals surface area contributed by atoms with E-state index in [1.807, 2.05) is 19.9 Å². The average Bonchev–Trinajstić information content (AvgIpc) is 2.12. The molecule has 0 aliphatic heterocycles. The summed E-state index contributed by atoms with van der Waals surface area (Å²) in [6.07, 6.45) is 1.72. The molecule has 3 nitrogen and oxygen atoms in total. The largest absolute Gasteiger partial charge is 0.260 e. The van der Waals surface area contributed by atoms with E-state index in [1.54, 1.807) is 6.20 Å². The minimum atomic E-state index is 0.376. The van der Waals surface area contributed by atoms with Crippen LogP contribution in [0.2, 0.25) is 5.02 Å². The summed E-state index contributed by atoms with van der Waals surface area (Å²) in [4.78, 5) is 13.7. The van der Waals surface area contributed by atoms with E-state index in [0.29, 0.717) is 18.2 Å². The average molecular weight is 202 g/mol. The lowest BCUT2D eigenvalue weighted by molar-refractivity contribution is -0.300. The monoisotopic (exact) mass is 201 g/mol. The molecule has 1 aromatic rings. The van der Waals surface area contributed by atoms with Crippen molar-refractivity contribution in [3.8, 4) is 0 Å². The Labute approximate surface area is 82.6 Å². The lowest BCUT2D eigenvalue weighted by Crippen LogP contribution is -1.96. The van der Waals surface area contributed by atoms with E-state index >= 15 is 0 Å². The summed E-state index contributed by atoms with van der Waals surface area (Å²) in [6, 6.07) is 1.82. The van der Waals surface area contributed by atoms with Crippen LogP contribution in [0.15, 0.2) is 12.3 Å². The fourth-order valence-corrected chi connectivity index (χ4v) is 1.01. The smallest absolute Gasteiger partial charge is 0.109 e. The van der Waals surface area contributed by atoms with Gasteiger partial charge in [0, 0.05) is 11.8 Å². The van der Waals surface area contributed by atoms with Crippen LogP contribution in [0, 0.1) is 6.92 Å². The molecule has 0 aliphatic rings. The zero-order valence-corrected chi connectivity index (χ0v) is 8.47. The van der Waals surface area contributed by atoms with Crippen molar-refractivity contribution >= 4 is 11.6 Å². The first-order chi connectivity index (χ1) is 6.24. The summed E-state index contributed by atoms with van der Waals surface area (Å²) < 4.78 is 0. The van der Waals surface area contributed by atoms with Crippen molar-refractivity contribution in [2.45, 2.75) is 20.5 Å². The van der Waals surface area contributed by atoms with E-state index in [4.69, 9.17) is 21.4 Å². The SMILES string of the molecule is CCOOCc1cnc(C)c(Cl)c1. The Kier molecular flexibility index (Phi) is 4.15. The molecule has 4 heteroatoms. The molecular formula is C9H12ClNO2. The minimum absolute atomic E-state index is 0.376. The molecule has 0 bridgehead atoms. The molecule has 0 fully saturated rings. The predicted molar refractivity (Wildman–Crippen MR) is 50.4 cm³/mol. The molecule has 1 aromatic heterocycles.